The van der Waals surface area contributed by atoms with Crippen LogP contribution in [0, 0.1) is 0 Å². The molecular weight excluding hydrogens is 252 g/mol. The second-order valence-electron chi connectivity index (χ2n) is 5.50. The van der Waals surface area contributed by atoms with Crippen LogP contribution < -0.4 is 5.32 Å². The first-order valence-corrected chi connectivity index (χ1v) is 6.95. The van der Waals surface area contributed by atoms with Crippen LogP contribution in [0.2, 0.25) is 0 Å². The van der Waals surface area contributed by atoms with Crippen LogP contribution in [-0.2, 0) is 4.79 Å². The highest BCUT2D eigenvalue weighted by Gasteiger charge is 2.18. The normalized spacial score (nSPS) is 13.1. The summed E-state index contributed by atoms with van der Waals surface area (Å²) < 4.78 is 5.84. The molecule has 0 spiro atoms. The van der Waals surface area contributed by atoms with Crippen LogP contribution in [-0.4, -0.2) is 30.4 Å². The second kappa shape index (κ2) is 6.09. The first-order chi connectivity index (χ1) is 9.47. The summed E-state index contributed by atoms with van der Waals surface area (Å²) in [5.41, 5.74) is 0.884. The molecule has 1 aromatic heterocycles. The number of nitrogens with one attached hydrogen (secondary N) is 1. The van der Waals surface area contributed by atoms with E-state index in [0.29, 0.717) is 6.54 Å². The monoisotopic (exact) mass is 274 g/mol. The van der Waals surface area contributed by atoms with Crippen molar-refractivity contribution in [3.05, 3.63) is 36.1 Å². The van der Waals surface area contributed by atoms with Crippen molar-refractivity contribution in [3.63, 3.8) is 0 Å². The molecule has 1 heterocycles. The molecule has 4 nitrogen and oxygen atoms in total. The standard InChI is InChI=1S/C16H22N2O2/c1-11(2)17-16(19)10-18(4)12(3)15-9-13-7-5-6-8-14(13)20-15/h5-9,11-12H,10H2,1-4H3,(H,17,19)/t12-/m1/s1. The number of amides is 1. The number of carbonyl (C=O) groups excluding carboxylic acids is 1. The molecule has 0 aliphatic rings. The van der Waals surface area contributed by atoms with Gasteiger partial charge in [-0.25, -0.2) is 0 Å². The summed E-state index contributed by atoms with van der Waals surface area (Å²) in [5.74, 6) is 0.913. The Kier molecular flexibility index (Phi) is 4.45. The minimum Gasteiger partial charge on any atom is -0.459 e. The van der Waals surface area contributed by atoms with Crippen LogP contribution in [0.3, 0.4) is 0 Å². The van der Waals surface area contributed by atoms with E-state index in [4.69, 9.17) is 4.42 Å². The van der Waals surface area contributed by atoms with Crippen LogP contribution in [0.5, 0.6) is 0 Å². The maximum atomic E-state index is 11.8. The zero-order chi connectivity index (χ0) is 14.7. The molecule has 4 heteroatoms. The van der Waals surface area contributed by atoms with Crippen molar-refractivity contribution in [1.82, 2.24) is 10.2 Å². The van der Waals surface area contributed by atoms with Crippen molar-refractivity contribution in [1.29, 1.82) is 0 Å². The van der Waals surface area contributed by atoms with Gasteiger partial charge in [-0.3, -0.25) is 9.69 Å². The van der Waals surface area contributed by atoms with Crippen molar-refractivity contribution in [2.75, 3.05) is 13.6 Å². The Bertz CT molecular complexity index is 556. The average Bonchev–Trinajstić information content (AvgIpc) is 2.80. The SMILES string of the molecule is CC(C)NC(=O)CN(C)[C@H](C)c1cc2ccccc2o1. The summed E-state index contributed by atoms with van der Waals surface area (Å²) in [4.78, 5) is 13.8. The molecule has 0 aliphatic heterocycles. The van der Waals surface area contributed by atoms with Gasteiger partial charge in [-0.05, 0) is 40.0 Å². The predicted molar refractivity (Wildman–Crippen MR) is 80.5 cm³/mol. The maximum Gasteiger partial charge on any atom is 0.234 e. The maximum absolute atomic E-state index is 11.8. The molecule has 0 fully saturated rings. The quantitative estimate of drug-likeness (QED) is 0.911. The van der Waals surface area contributed by atoms with Gasteiger partial charge in [0.05, 0.1) is 12.6 Å². The fraction of sp³-hybridized carbons (Fsp3) is 0.438. The highest BCUT2D eigenvalue weighted by Crippen LogP contribution is 2.26. The minimum atomic E-state index is 0.0328. The zero-order valence-electron chi connectivity index (χ0n) is 12.5. The number of rotatable bonds is 5. The second-order valence-corrected chi connectivity index (χ2v) is 5.50. The molecular formula is C16H22N2O2. The van der Waals surface area contributed by atoms with E-state index in [2.05, 4.69) is 5.32 Å². The third-order valence-electron chi connectivity index (χ3n) is 3.36. The van der Waals surface area contributed by atoms with Gasteiger partial charge in [-0.2, -0.15) is 0 Å². The van der Waals surface area contributed by atoms with Gasteiger partial charge in [0.2, 0.25) is 5.91 Å². The topological polar surface area (TPSA) is 45.5 Å². The lowest BCUT2D eigenvalue weighted by molar-refractivity contribution is -0.122. The van der Waals surface area contributed by atoms with Crippen molar-refractivity contribution < 1.29 is 9.21 Å². The largest absolute Gasteiger partial charge is 0.459 e. The van der Waals surface area contributed by atoms with Gasteiger partial charge in [-0.1, -0.05) is 18.2 Å². The first-order valence-electron chi connectivity index (χ1n) is 6.95. The molecule has 1 N–H and O–H groups in total. The van der Waals surface area contributed by atoms with E-state index < -0.39 is 0 Å². The van der Waals surface area contributed by atoms with Gasteiger partial charge in [0.25, 0.3) is 0 Å². The third kappa shape index (κ3) is 3.39. The molecule has 0 radical (unpaired) electrons. The molecule has 1 amide bonds. The molecule has 20 heavy (non-hydrogen) atoms. The third-order valence-corrected chi connectivity index (χ3v) is 3.36. The van der Waals surface area contributed by atoms with E-state index in [1.807, 2.05) is 63.1 Å². The highest BCUT2D eigenvalue weighted by molar-refractivity contribution is 5.79. The molecule has 108 valence electrons. The Hall–Kier alpha value is -1.81. The van der Waals surface area contributed by atoms with Gasteiger partial charge in [0, 0.05) is 11.4 Å². The van der Waals surface area contributed by atoms with Crippen LogP contribution in [0.1, 0.15) is 32.6 Å². The van der Waals surface area contributed by atoms with Gasteiger partial charge in [-0.15, -0.1) is 0 Å². The summed E-state index contributed by atoms with van der Waals surface area (Å²) in [6.45, 7) is 6.32. The van der Waals surface area contributed by atoms with Crippen molar-refractivity contribution in [2.45, 2.75) is 32.9 Å². The molecule has 0 saturated carbocycles. The molecule has 1 aromatic carbocycles. The number of furan rings is 1. The lowest BCUT2D eigenvalue weighted by Gasteiger charge is -2.22. The predicted octanol–water partition coefficient (Wildman–Crippen LogP) is 2.95. The van der Waals surface area contributed by atoms with Crippen molar-refractivity contribution in [3.8, 4) is 0 Å². The van der Waals surface area contributed by atoms with Crippen molar-refractivity contribution >= 4 is 16.9 Å². The number of likely N-dealkylation sites (N-methyl/N-ethyl adjacent to an activating group) is 1. The number of nitrogens with zero attached hydrogens (tertiary/aromatic N) is 1. The number of para-hydroxylation sites is 1. The number of hydrogen-bond donors (Lipinski definition) is 1. The summed E-state index contributed by atoms with van der Waals surface area (Å²) in [6.07, 6.45) is 0. The van der Waals surface area contributed by atoms with E-state index in [1.165, 1.54) is 0 Å². The Balaban J connectivity index is 2.06. The van der Waals surface area contributed by atoms with Gasteiger partial charge in [0.1, 0.15) is 11.3 Å². The van der Waals surface area contributed by atoms with Crippen molar-refractivity contribution in [2.24, 2.45) is 0 Å². The number of carbonyl (C=O) groups is 1. The number of benzene rings is 1. The Labute approximate surface area is 119 Å². The van der Waals surface area contributed by atoms with Gasteiger partial charge < -0.3 is 9.73 Å². The van der Waals surface area contributed by atoms with Crippen LogP contribution >= 0.6 is 0 Å². The van der Waals surface area contributed by atoms with E-state index in [-0.39, 0.29) is 18.0 Å². The lowest BCUT2D eigenvalue weighted by Crippen LogP contribution is -2.39. The first kappa shape index (κ1) is 14.6. The molecule has 2 rings (SSSR count). The Morgan fingerprint density at radius 3 is 2.65 bits per heavy atom. The van der Waals surface area contributed by atoms with Crippen LogP contribution in [0.15, 0.2) is 34.7 Å². The molecule has 0 unspecified atom stereocenters. The van der Waals surface area contributed by atoms with Gasteiger partial charge in [0.15, 0.2) is 0 Å². The summed E-state index contributed by atoms with van der Waals surface area (Å²) in [6, 6.07) is 10.2. The van der Waals surface area contributed by atoms with E-state index in [9.17, 15) is 4.79 Å². The fourth-order valence-corrected chi connectivity index (χ4v) is 2.16. The summed E-state index contributed by atoms with van der Waals surface area (Å²) >= 11 is 0. The summed E-state index contributed by atoms with van der Waals surface area (Å²) in [5, 5.41) is 3.99. The Morgan fingerprint density at radius 2 is 2.00 bits per heavy atom. The molecule has 1 atom stereocenters. The zero-order valence-corrected chi connectivity index (χ0v) is 12.5. The molecule has 0 aliphatic carbocycles. The molecule has 0 bridgehead atoms. The average molecular weight is 274 g/mol. The van der Waals surface area contributed by atoms with E-state index in [1.54, 1.807) is 0 Å². The van der Waals surface area contributed by atoms with E-state index in [0.717, 1.165) is 16.7 Å². The van der Waals surface area contributed by atoms with Gasteiger partial charge >= 0.3 is 0 Å². The molecule has 2 aromatic rings. The number of fused-ring (bicyclic) bond motifs is 1. The van der Waals surface area contributed by atoms with E-state index >= 15 is 0 Å². The van der Waals surface area contributed by atoms with Crippen LogP contribution in [0.25, 0.3) is 11.0 Å². The Morgan fingerprint density at radius 1 is 1.30 bits per heavy atom. The summed E-state index contributed by atoms with van der Waals surface area (Å²) in [7, 11) is 1.93. The smallest absolute Gasteiger partial charge is 0.234 e. The minimum absolute atomic E-state index is 0.0328. The highest BCUT2D eigenvalue weighted by atomic mass is 16.3. The van der Waals surface area contributed by atoms with Crippen LogP contribution in [0.4, 0.5) is 0 Å². The number of hydrogen-bond acceptors (Lipinski definition) is 3. The lowest BCUT2D eigenvalue weighted by atomic mass is 10.2. The fourth-order valence-electron chi connectivity index (χ4n) is 2.16. The molecule has 0 saturated heterocycles.